The highest BCUT2D eigenvalue weighted by Crippen LogP contribution is 2.36. The molecule has 0 fully saturated rings. The topological polar surface area (TPSA) is 62.9 Å². The van der Waals surface area contributed by atoms with Crippen molar-refractivity contribution in [3.63, 3.8) is 0 Å². The van der Waals surface area contributed by atoms with Crippen molar-refractivity contribution in [3.05, 3.63) is 95.2 Å². The lowest BCUT2D eigenvalue weighted by Gasteiger charge is -2.26. The van der Waals surface area contributed by atoms with E-state index in [4.69, 9.17) is 10.5 Å². The molecule has 0 radical (unpaired) electrons. The summed E-state index contributed by atoms with van der Waals surface area (Å²) in [5.74, 6) is 0.674. The molecule has 4 rings (SSSR count). The first kappa shape index (κ1) is 27.6. The number of fused-ring (bicyclic) bond motifs is 1. The van der Waals surface area contributed by atoms with Gasteiger partial charge < -0.3 is 20.7 Å². The minimum absolute atomic E-state index is 0.113. The van der Waals surface area contributed by atoms with Gasteiger partial charge in [-0.25, -0.2) is 4.39 Å². The van der Waals surface area contributed by atoms with Crippen LogP contribution in [0.15, 0.2) is 77.7 Å². The molecule has 2 heterocycles. The number of thioether (sulfide) groups is 1. The second kappa shape index (κ2) is 13.3. The van der Waals surface area contributed by atoms with Gasteiger partial charge >= 0.3 is 0 Å². The van der Waals surface area contributed by atoms with Crippen LogP contribution >= 0.6 is 11.8 Å². The summed E-state index contributed by atoms with van der Waals surface area (Å²) in [6.07, 6.45) is 5.44. The molecule has 192 valence electrons. The molecule has 2 aromatic rings. The van der Waals surface area contributed by atoms with Crippen molar-refractivity contribution in [2.24, 2.45) is 10.7 Å². The Labute approximate surface area is 219 Å². The Morgan fingerprint density at radius 1 is 1.25 bits per heavy atom. The van der Waals surface area contributed by atoms with E-state index < -0.39 is 0 Å². The Balaban J connectivity index is 0.00000115. The second-order valence-electron chi connectivity index (χ2n) is 8.78. The van der Waals surface area contributed by atoms with Gasteiger partial charge in [-0.3, -0.25) is 4.99 Å². The molecule has 0 aromatic heterocycles. The van der Waals surface area contributed by atoms with E-state index in [0.717, 1.165) is 57.4 Å². The smallest absolute Gasteiger partial charge is 0.127 e. The van der Waals surface area contributed by atoms with E-state index in [1.807, 2.05) is 31.3 Å². The fourth-order valence-electron chi connectivity index (χ4n) is 4.08. The number of halogens is 1. The van der Waals surface area contributed by atoms with Crippen LogP contribution in [-0.2, 0) is 13.0 Å². The van der Waals surface area contributed by atoms with Gasteiger partial charge in [-0.1, -0.05) is 56.8 Å². The third-order valence-corrected chi connectivity index (χ3v) is 6.88. The van der Waals surface area contributed by atoms with Gasteiger partial charge in [0.15, 0.2) is 0 Å². The fraction of sp³-hybridized carbons (Fsp3) is 0.345. The van der Waals surface area contributed by atoms with Crippen LogP contribution in [0.25, 0.3) is 4.91 Å². The molecule has 1 unspecified atom stereocenters. The minimum Gasteiger partial charge on any atom is -0.491 e. The zero-order valence-corrected chi connectivity index (χ0v) is 22.5. The Kier molecular flexibility index (Phi) is 10.2. The molecular weight excluding hydrogens is 471 g/mol. The van der Waals surface area contributed by atoms with Crippen molar-refractivity contribution < 1.29 is 9.13 Å². The molecule has 2 aliphatic rings. The lowest BCUT2D eigenvalue weighted by atomic mass is 9.99. The van der Waals surface area contributed by atoms with Crippen molar-refractivity contribution in [1.82, 2.24) is 10.2 Å². The van der Waals surface area contributed by atoms with Gasteiger partial charge in [-0.2, -0.15) is 0 Å². The van der Waals surface area contributed by atoms with E-state index in [-0.39, 0.29) is 11.3 Å². The van der Waals surface area contributed by atoms with Crippen LogP contribution in [0.2, 0.25) is 0 Å². The number of nitrogens with one attached hydrogen (secondary N) is 1. The molecule has 0 spiro atoms. The highest BCUT2D eigenvalue weighted by molar-refractivity contribution is 8.09. The standard InChI is InChI=1S/C26H29FN4OS.C3H8/c1-4-29-17(2)23(13-19-5-8-22(27)9-6-19)18(3)31-11-12-32-24-10-7-20(14-21(24)16-31)25-15-30-26(28)33-25;1-3-2/h4-10,14-15,26,30H,1,11-13,16,28H2,2-3H3;3H2,1-2H3/b23-18+,29-17?;. The summed E-state index contributed by atoms with van der Waals surface area (Å²) in [5, 5.41) is 3.14. The molecule has 3 N–H and O–H groups in total. The maximum atomic E-state index is 13.4. The van der Waals surface area contributed by atoms with Gasteiger partial charge in [0, 0.05) is 47.2 Å². The molecule has 36 heavy (non-hydrogen) atoms. The predicted octanol–water partition coefficient (Wildman–Crippen LogP) is 6.43. The number of nitrogens with two attached hydrogens (primary N) is 1. The van der Waals surface area contributed by atoms with Gasteiger partial charge in [0.25, 0.3) is 0 Å². The molecule has 0 amide bonds. The van der Waals surface area contributed by atoms with Gasteiger partial charge in [-0.05, 0) is 54.8 Å². The number of hydrogen-bond donors (Lipinski definition) is 2. The lowest BCUT2D eigenvalue weighted by Crippen LogP contribution is -2.26. The van der Waals surface area contributed by atoms with Crippen LogP contribution in [0.5, 0.6) is 5.75 Å². The summed E-state index contributed by atoms with van der Waals surface area (Å²) in [5.41, 5.74) is 12.3. The number of benzene rings is 2. The number of ether oxygens (including phenoxy) is 1. The van der Waals surface area contributed by atoms with Crippen LogP contribution in [0.1, 0.15) is 50.8 Å². The number of aliphatic imine (C=N–C) groups is 1. The number of allylic oxidation sites excluding steroid dienone is 2. The number of nitrogens with zero attached hydrogens (tertiary/aromatic N) is 2. The molecule has 2 aromatic carbocycles. The van der Waals surface area contributed by atoms with Crippen LogP contribution in [0.4, 0.5) is 4.39 Å². The SMILES string of the molecule is C=CN=C(C)/C(Cc1ccc(F)cc1)=C(\C)N1CCOc2ccc(C3=CNC(N)S3)cc2C1.CCC. The maximum absolute atomic E-state index is 13.4. The maximum Gasteiger partial charge on any atom is 0.127 e. The quantitative estimate of drug-likeness (QED) is 0.440. The van der Waals surface area contributed by atoms with E-state index in [2.05, 4.69) is 54.7 Å². The zero-order valence-electron chi connectivity index (χ0n) is 21.7. The molecule has 2 aliphatic heterocycles. The van der Waals surface area contributed by atoms with E-state index in [1.54, 1.807) is 18.0 Å². The highest BCUT2D eigenvalue weighted by atomic mass is 32.2. The molecule has 0 saturated heterocycles. The summed E-state index contributed by atoms with van der Waals surface area (Å²) in [4.78, 5) is 7.91. The highest BCUT2D eigenvalue weighted by Gasteiger charge is 2.21. The summed E-state index contributed by atoms with van der Waals surface area (Å²) in [6, 6.07) is 12.9. The molecule has 0 bridgehead atoms. The third kappa shape index (κ3) is 7.24. The third-order valence-electron chi connectivity index (χ3n) is 5.88. The minimum atomic E-state index is -0.235. The molecular formula is C29H37FN4OS. The molecule has 0 saturated carbocycles. The first-order valence-corrected chi connectivity index (χ1v) is 13.2. The van der Waals surface area contributed by atoms with Crippen molar-refractivity contribution in [1.29, 1.82) is 0 Å². The molecule has 0 aliphatic carbocycles. The normalized spacial score (nSPS) is 17.9. The number of rotatable bonds is 6. The Bertz CT molecular complexity index is 1140. The van der Waals surface area contributed by atoms with Crippen LogP contribution in [-0.4, -0.2) is 29.3 Å². The van der Waals surface area contributed by atoms with Gasteiger partial charge in [-0.15, -0.1) is 0 Å². The van der Waals surface area contributed by atoms with Crippen molar-refractivity contribution >= 4 is 22.4 Å². The van der Waals surface area contributed by atoms with Crippen molar-refractivity contribution in [2.75, 3.05) is 13.2 Å². The summed E-state index contributed by atoms with van der Waals surface area (Å²) >= 11 is 1.61. The molecule has 5 nitrogen and oxygen atoms in total. The van der Waals surface area contributed by atoms with Crippen molar-refractivity contribution in [3.8, 4) is 5.75 Å². The Morgan fingerprint density at radius 2 is 1.97 bits per heavy atom. The number of hydrogen-bond acceptors (Lipinski definition) is 6. The predicted molar refractivity (Wildman–Crippen MR) is 151 cm³/mol. The summed E-state index contributed by atoms with van der Waals surface area (Å²) in [6.45, 7) is 14.2. The average Bonchev–Trinajstić information content (AvgIpc) is 3.18. The second-order valence-corrected chi connectivity index (χ2v) is 9.96. The van der Waals surface area contributed by atoms with Crippen LogP contribution in [0, 0.1) is 5.82 Å². The molecule has 1 atom stereocenters. The molecule has 7 heteroatoms. The summed E-state index contributed by atoms with van der Waals surface area (Å²) < 4.78 is 19.5. The van der Waals surface area contributed by atoms with Crippen LogP contribution < -0.4 is 15.8 Å². The van der Waals surface area contributed by atoms with Crippen molar-refractivity contribution in [2.45, 2.75) is 52.6 Å². The Hall–Kier alpha value is -3.03. The Morgan fingerprint density at radius 3 is 2.61 bits per heavy atom. The first-order valence-electron chi connectivity index (χ1n) is 12.4. The van der Waals surface area contributed by atoms with Crippen LogP contribution in [0.3, 0.4) is 0 Å². The van der Waals surface area contributed by atoms with E-state index in [1.165, 1.54) is 18.6 Å². The average molecular weight is 509 g/mol. The monoisotopic (exact) mass is 508 g/mol. The first-order chi connectivity index (χ1) is 17.4. The van der Waals surface area contributed by atoms with Gasteiger partial charge in [0.1, 0.15) is 23.7 Å². The van der Waals surface area contributed by atoms with Gasteiger partial charge in [0.2, 0.25) is 0 Å². The largest absolute Gasteiger partial charge is 0.491 e. The van der Waals surface area contributed by atoms with Gasteiger partial charge in [0.05, 0.1) is 6.54 Å². The van der Waals surface area contributed by atoms with E-state index in [0.29, 0.717) is 13.0 Å². The van der Waals surface area contributed by atoms with E-state index >= 15 is 0 Å². The van der Waals surface area contributed by atoms with E-state index in [9.17, 15) is 4.39 Å². The fourth-order valence-corrected chi connectivity index (χ4v) is 4.89. The lowest BCUT2D eigenvalue weighted by molar-refractivity contribution is 0.263. The zero-order chi connectivity index (χ0) is 26.1. The summed E-state index contributed by atoms with van der Waals surface area (Å²) in [7, 11) is 0.